The summed E-state index contributed by atoms with van der Waals surface area (Å²) in [5, 5.41) is 3.26. The first kappa shape index (κ1) is 10.3. The third-order valence-corrected chi connectivity index (χ3v) is 2.12. The Hall–Kier alpha value is -0.770. The van der Waals surface area contributed by atoms with Gasteiger partial charge in [-0.25, -0.2) is 4.79 Å². The lowest BCUT2D eigenvalue weighted by Gasteiger charge is -2.24. The standard InChI is InChI=1S/C9H18N2O2/c1-2-13-9(12)11-7-4-3-5-10-6-8-11/h10H,2-8H2,1H3. The van der Waals surface area contributed by atoms with E-state index in [1.807, 2.05) is 6.92 Å². The van der Waals surface area contributed by atoms with Gasteiger partial charge in [-0.3, -0.25) is 0 Å². The van der Waals surface area contributed by atoms with Gasteiger partial charge in [0.25, 0.3) is 0 Å². The molecule has 0 aromatic heterocycles. The Labute approximate surface area is 79.2 Å². The molecule has 0 aliphatic carbocycles. The van der Waals surface area contributed by atoms with Crippen LogP contribution in [0.15, 0.2) is 0 Å². The summed E-state index contributed by atoms with van der Waals surface area (Å²) in [7, 11) is 0. The monoisotopic (exact) mass is 186 g/mol. The van der Waals surface area contributed by atoms with Gasteiger partial charge in [-0.1, -0.05) is 0 Å². The quantitative estimate of drug-likeness (QED) is 0.659. The minimum absolute atomic E-state index is 0.175. The van der Waals surface area contributed by atoms with Crippen LogP contribution in [0.2, 0.25) is 0 Å². The van der Waals surface area contributed by atoms with Gasteiger partial charge >= 0.3 is 6.09 Å². The molecule has 4 nitrogen and oxygen atoms in total. The van der Waals surface area contributed by atoms with Crippen LogP contribution in [-0.4, -0.2) is 43.8 Å². The van der Waals surface area contributed by atoms with Crippen molar-refractivity contribution >= 4 is 6.09 Å². The largest absolute Gasteiger partial charge is 0.450 e. The van der Waals surface area contributed by atoms with Crippen molar-refractivity contribution in [2.24, 2.45) is 0 Å². The highest BCUT2D eigenvalue weighted by atomic mass is 16.6. The maximum absolute atomic E-state index is 11.3. The van der Waals surface area contributed by atoms with Crippen molar-refractivity contribution < 1.29 is 9.53 Å². The molecule has 1 heterocycles. The minimum atomic E-state index is -0.175. The number of hydrogen-bond donors (Lipinski definition) is 1. The summed E-state index contributed by atoms with van der Waals surface area (Å²) in [6, 6.07) is 0. The molecule has 0 atom stereocenters. The molecule has 1 aliphatic heterocycles. The maximum Gasteiger partial charge on any atom is 0.409 e. The van der Waals surface area contributed by atoms with Gasteiger partial charge in [0.15, 0.2) is 0 Å². The molecule has 1 amide bonds. The molecule has 1 N–H and O–H groups in total. The second-order valence-corrected chi connectivity index (χ2v) is 3.14. The summed E-state index contributed by atoms with van der Waals surface area (Å²) in [5.41, 5.74) is 0. The number of ether oxygens (including phenoxy) is 1. The van der Waals surface area contributed by atoms with Crippen LogP contribution in [0.1, 0.15) is 19.8 Å². The van der Waals surface area contributed by atoms with Gasteiger partial charge in [0, 0.05) is 19.6 Å². The highest BCUT2D eigenvalue weighted by Gasteiger charge is 2.14. The van der Waals surface area contributed by atoms with Crippen LogP contribution < -0.4 is 5.32 Å². The van der Waals surface area contributed by atoms with Gasteiger partial charge in [-0.2, -0.15) is 0 Å². The van der Waals surface area contributed by atoms with E-state index in [4.69, 9.17) is 4.74 Å². The lowest BCUT2D eigenvalue weighted by atomic mass is 10.2. The first-order chi connectivity index (χ1) is 6.34. The van der Waals surface area contributed by atoms with E-state index in [1.54, 1.807) is 4.90 Å². The molecule has 76 valence electrons. The third kappa shape index (κ3) is 3.63. The van der Waals surface area contributed by atoms with E-state index in [9.17, 15) is 4.79 Å². The van der Waals surface area contributed by atoms with Crippen molar-refractivity contribution in [3.63, 3.8) is 0 Å². The summed E-state index contributed by atoms with van der Waals surface area (Å²) in [6.07, 6.45) is 2.02. The Morgan fingerprint density at radius 2 is 2.23 bits per heavy atom. The SMILES string of the molecule is CCOC(=O)N1CCCCNCC1. The number of amides is 1. The molecule has 1 fully saturated rings. The van der Waals surface area contributed by atoms with E-state index in [0.29, 0.717) is 6.61 Å². The van der Waals surface area contributed by atoms with Crippen LogP contribution >= 0.6 is 0 Å². The molecule has 1 saturated heterocycles. The van der Waals surface area contributed by atoms with Crippen LogP contribution in [0, 0.1) is 0 Å². The molecule has 0 unspecified atom stereocenters. The van der Waals surface area contributed by atoms with Gasteiger partial charge in [0.2, 0.25) is 0 Å². The van der Waals surface area contributed by atoms with E-state index in [-0.39, 0.29) is 6.09 Å². The Kier molecular flexibility index (Phi) is 4.60. The Morgan fingerprint density at radius 3 is 3.00 bits per heavy atom. The lowest BCUT2D eigenvalue weighted by Crippen LogP contribution is -2.40. The molecular weight excluding hydrogens is 168 g/mol. The normalized spacial score (nSPS) is 19.0. The van der Waals surface area contributed by atoms with E-state index in [1.165, 1.54) is 0 Å². The van der Waals surface area contributed by atoms with Gasteiger partial charge in [0.05, 0.1) is 6.61 Å². The van der Waals surface area contributed by atoms with Crippen molar-refractivity contribution in [3.05, 3.63) is 0 Å². The average Bonchev–Trinajstić information content (AvgIpc) is 2.03. The Bertz CT molecular complexity index is 154. The Morgan fingerprint density at radius 1 is 1.38 bits per heavy atom. The van der Waals surface area contributed by atoms with E-state index in [2.05, 4.69) is 5.32 Å². The Balaban J connectivity index is 2.32. The highest BCUT2D eigenvalue weighted by molar-refractivity contribution is 5.67. The molecule has 1 aliphatic rings. The first-order valence-electron chi connectivity index (χ1n) is 4.97. The summed E-state index contributed by atoms with van der Waals surface area (Å²) in [6.45, 7) is 5.83. The predicted molar refractivity (Wildman–Crippen MR) is 50.7 cm³/mol. The van der Waals surface area contributed by atoms with Gasteiger partial charge in [-0.15, -0.1) is 0 Å². The van der Waals surface area contributed by atoms with Gasteiger partial charge in [-0.05, 0) is 26.3 Å². The van der Waals surface area contributed by atoms with Gasteiger partial charge in [0.1, 0.15) is 0 Å². The summed E-state index contributed by atoms with van der Waals surface area (Å²) in [5.74, 6) is 0. The number of nitrogens with one attached hydrogen (secondary N) is 1. The van der Waals surface area contributed by atoms with E-state index < -0.39 is 0 Å². The molecule has 0 radical (unpaired) electrons. The molecular formula is C9H18N2O2. The van der Waals surface area contributed by atoms with Crippen molar-refractivity contribution in [3.8, 4) is 0 Å². The summed E-state index contributed by atoms with van der Waals surface area (Å²) >= 11 is 0. The lowest BCUT2D eigenvalue weighted by molar-refractivity contribution is 0.105. The molecule has 0 bridgehead atoms. The minimum Gasteiger partial charge on any atom is -0.450 e. The molecule has 4 heteroatoms. The van der Waals surface area contributed by atoms with Crippen molar-refractivity contribution in [2.45, 2.75) is 19.8 Å². The number of carbonyl (C=O) groups is 1. The second-order valence-electron chi connectivity index (χ2n) is 3.14. The third-order valence-electron chi connectivity index (χ3n) is 2.12. The van der Waals surface area contributed by atoms with Gasteiger partial charge < -0.3 is 15.0 Å². The fourth-order valence-electron chi connectivity index (χ4n) is 1.40. The summed E-state index contributed by atoms with van der Waals surface area (Å²) < 4.78 is 4.94. The first-order valence-corrected chi connectivity index (χ1v) is 4.97. The summed E-state index contributed by atoms with van der Waals surface area (Å²) in [4.78, 5) is 13.1. The van der Waals surface area contributed by atoms with E-state index >= 15 is 0 Å². The molecule has 0 spiro atoms. The average molecular weight is 186 g/mol. The number of nitrogens with zero attached hydrogens (tertiary/aromatic N) is 1. The number of carbonyl (C=O) groups excluding carboxylic acids is 1. The van der Waals surface area contributed by atoms with Crippen molar-refractivity contribution in [1.82, 2.24) is 10.2 Å². The molecule has 0 aromatic rings. The number of hydrogen-bond acceptors (Lipinski definition) is 3. The molecule has 13 heavy (non-hydrogen) atoms. The van der Waals surface area contributed by atoms with Crippen LogP contribution in [0.25, 0.3) is 0 Å². The van der Waals surface area contributed by atoms with Crippen LogP contribution in [0.5, 0.6) is 0 Å². The smallest absolute Gasteiger partial charge is 0.409 e. The topological polar surface area (TPSA) is 41.6 Å². The van der Waals surface area contributed by atoms with Crippen LogP contribution in [0.3, 0.4) is 0 Å². The second kappa shape index (κ2) is 5.80. The van der Waals surface area contributed by atoms with Crippen molar-refractivity contribution in [1.29, 1.82) is 0 Å². The zero-order valence-electron chi connectivity index (χ0n) is 8.21. The van der Waals surface area contributed by atoms with Crippen LogP contribution in [0.4, 0.5) is 4.79 Å². The fourth-order valence-corrected chi connectivity index (χ4v) is 1.40. The zero-order chi connectivity index (χ0) is 9.52. The van der Waals surface area contributed by atoms with E-state index in [0.717, 1.165) is 39.0 Å². The molecule has 1 rings (SSSR count). The maximum atomic E-state index is 11.3. The highest BCUT2D eigenvalue weighted by Crippen LogP contribution is 2.00. The van der Waals surface area contributed by atoms with Crippen LogP contribution in [-0.2, 0) is 4.74 Å². The number of rotatable bonds is 1. The van der Waals surface area contributed by atoms with Crippen molar-refractivity contribution in [2.75, 3.05) is 32.8 Å². The molecule has 0 aromatic carbocycles. The fraction of sp³-hybridized carbons (Fsp3) is 0.889. The zero-order valence-corrected chi connectivity index (χ0v) is 8.21. The molecule has 0 saturated carbocycles. The predicted octanol–water partition coefficient (Wildman–Crippen LogP) is 0.828.